The third kappa shape index (κ3) is 4.49. The van der Waals surface area contributed by atoms with Crippen LogP contribution < -0.4 is 10.1 Å². The predicted octanol–water partition coefficient (Wildman–Crippen LogP) is 3.13. The van der Waals surface area contributed by atoms with Crippen molar-refractivity contribution in [1.29, 1.82) is 0 Å². The molecule has 0 aliphatic carbocycles. The Bertz CT molecular complexity index is 918. The lowest BCUT2D eigenvalue weighted by Crippen LogP contribution is -2.23. The summed E-state index contributed by atoms with van der Waals surface area (Å²) in [5.74, 6) is -0.236. The molecule has 0 aliphatic heterocycles. The van der Waals surface area contributed by atoms with Crippen molar-refractivity contribution in [2.45, 2.75) is 33.5 Å². The van der Waals surface area contributed by atoms with Crippen molar-refractivity contribution in [3.05, 3.63) is 53.5 Å². The summed E-state index contributed by atoms with van der Waals surface area (Å²) in [5.41, 5.74) is 3.32. The van der Waals surface area contributed by atoms with Crippen LogP contribution in [0.5, 0.6) is 5.75 Å². The van der Waals surface area contributed by atoms with Gasteiger partial charge in [-0.2, -0.15) is 19.0 Å². The Hall–Kier alpha value is -3.23. The molecule has 27 heavy (non-hydrogen) atoms. The van der Waals surface area contributed by atoms with Gasteiger partial charge in [-0.25, -0.2) is 0 Å². The Morgan fingerprint density at radius 2 is 2.07 bits per heavy atom. The molecule has 1 amide bonds. The van der Waals surface area contributed by atoms with E-state index in [4.69, 9.17) is 0 Å². The van der Waals surface area contributed by atoms with E-state index < -0.39 is 6.61 Å². The Balaban J connectivity index is 1.64. The largest absolute Gasteiger partial charge is 0.435 e. The summed E-state index contributed by atoms with van der Waals surface area (Å²) in [7, 11) is 0. The number of hydrogen-bond acceptors (Lipinski definition) is 4. The molecule has 0 atom stereocenters. The van der Waals surface area contributed by atoms with Crippen molar-refractivity contribution in [2.75, 3.05) is 0 Å². The highest BCUT2D eigenvalue weighted by Crippen LogP contribution is 2.22. The molecule has 2 N–H and O–H groups in total. The minimum Gasteiger partial charge on any atom is -0.435 e. The van der Waals surface area contributed by atoms with Gasteiger partial charge in [0, 0.05) is 30.4 Å². The van der Waals surface area contributed by atoms with E-state index in [-0.39, 0.29) is 11.7 Å². The maximum Gasteiger partial charge on any atom is 0.387 e. The molecule has 0 aliphatic rings. The van der Waals surface area contributed by atoms with Gasteiger partial charge in [0.15, 0.2) is 0 Å². The molecule has 9 heteroatoms. The van der Waals surface area contributed by atoms with Crippen LogP contribution in [0.25, 0.3) is 11.3 Å². The van der Waals surface area contributed by atoms with Gasteiger partial charge in [0.2, 0.25) is 0 Å². The lowest BCUT2D eigenvalue weighted by molar-refractivity contribution is -0.0498. The Labute approximate surface area is 154 Å². The number of rotatable bonds is 7. The van der Waals surface area contributed by atoms with Crippen LogP contribution in [-0.4, -0.2) is 32.5 Å². The Morgan fingerprint density at radius 3 is 2.70 bits per heavy atom. The zero-order chi connectivity index (χ0) is 19.4. The van der Waals surface area contributed by atoms with Crippen LogP contribution >= 0.6 is 0 Å². The second kappa shape index (κ2) is 7.98. The fourth-order valence-corrected chi connectivity index (χ4v) is 2.56. The average Bonchev–Trinajstić information content (AvgIpc) is 3.27. The zero-order valence-electron chi connectivity index (χ0n) is 14.9. The van der Waals surface area contributed by atoms with Crippen molar-refractivity contribution in [3.8, 4) is 17.0 Å². The number of benzene rings is 1. The van der Waals surface area contributed by atoms with Crippen molar-refractivity contribution in [3.63, 3.8) is 0 Å². The molecule has 142 valence electrons. The maximum atomic E-state index is 12.3. The van der Waals surface area contributed by atoms with Gasteiger partial charge < -0.3 is 10.1 Å². The highest BCUT2D eigenvalue weighted by Gasteiger charge is 2.13. The molecule has 0 spiro atoms. The number of aromatic nitrogens is 4. The summed E-state index contributed by atoms with van der Waals surface area (Å²) in [6, 6.07) is 7.63. The third-order valence-electron chi connectivity index (χ3n) is 4.01. The number of aryl methyl sites for hydroxylation is 2. The molecule has 0 bridgehead atoms. The molecule has 3 rings (SSSR count). The van der Waals surface area contributed by atoms with E-state index >= 15 is 0 Å². The molecule has 0 radical (unpaired) electrons. The van der Waals surface area contributed by atoms with Gasteiger partial charge in [-0.15, -0.1) is 0 Å². The molecule has 0 fully saturated rings. The van der Waals surface area contributed by atoms with Crippen LogP contribution in [0, 0.1) is 6.92 Å². The summed E-state index contributed by atoms with van der Waals surface area (Å²) in [6.07, 6.45) is 1.90. The summed E-state index contributed by atoms with van der Waals surface area (Å²) in [6.45, 7) is 2.14. The standard InChI is InChI=1S/C18H19F2N5O2/c1-3-25-10-13(11(2)24-25)9-21-17(26)16-8-15(22-23-16)12-4-6-14(7-5-12)27-18(19)20/h4-8,10,18H,3,9H2,1-2H3,(H,21,26)(H,22,23). The number of carbonyl (C=O) groups is 1. The minimum absolute atomic E-state index is 0.0604. The van der Waals surface area contributed by atoms with Gasteiger partial charge in [0.25, 0.3) is 5.91 Å². The first-order chi connectivity index (χ1) is 13.0. The van der Waals surface area contributed by atoms with Gasteiger partial charge in [-0.1, -0.05) is 0 Å². The molecule has 3 aromatic rings. The van der Waals surface area contributed by atoms with E-state index in [1.54, 1.807) is 18.2 Å². The monoisotopic (exact) mass is 375 g/mol. The lowest BCUT2D eigenvalue weighted by atomic mass is 10.1. The van der Waals surface area contributed by atoms with E-state index in [2.05, 4.69) is 25.3 Å². The topological polar surface area (TPSA) is 84.8 Å². The summed E-state index contributed by atoms with van der Waals surface area (Å²) in [4.78, 5) is 12.3. The van der Waals surface area contributed by atoms with Gasteiger partial charge in [0.1, 0.15) is 11.4 Å². The van der Waals surface area contributed by atoms with Crippen LogP contribution in [0.2, 0.25) is 0 Å². The zero-order valence-corrected chi connectivity index (χ0v) is 14.9. The van der Waals surface area contributed by atoms with Crippen LogP contribution in [0.3, 0.4) is 0 Å². The van der Waals surface area contributed by atoms with Crippen molar-refractivity contribution in [1.82, 2.24) is 25.3 Å². The van der Waals surface area contributed by atoms with Crippen molar-refractivity contribution < 1.29 is 18.3 Å². The first-order valence-electron chi connectivity index (χ1n) is 8.38. The predicted molar refractivity (Wildman–Crippen MR) is 94.5 cm³/mol. The fourth-order valence-electron chi connectivity index (χ4n) is 2.56. The quantitative estimate of drug-likeness (QED) is 0.664. The first kappa shape index (κ1) is 18.6. The lowest BCUT2D eigenvalue weighted by Gasteiger charge is -2.04. The first-order valence-corrected chi connectivity index (χ1v) is 8.38. The number of nitrogens with one attached hydrogen (secondary N) is 2. The number of ether oxygens (including phenoxy) is 1. The minimum atomic E-state index is -2.87. The number of halogens is 2. The van der Waals surface area contributed by atoms with Gasteiger partial charge in [-0.05, 0) is 44.2 Å². The second-order valence-electron chi connectivity index (χ2n) is 5.85. The van der Waals surface area contributed by atoms with Crippen molar-refractivity contribution >= 4 is 5.91 Å². The molecule has 2 aromatic heterocycles. The molecule has 7 nitrogen and oxygen atoms in total. The molecule has 0 saturated carbocycles. The summed E-state index contributed by atoms with van der Waals surface area (Å²) >= 11 is 0. The van der Waals surface area contributed by atoms with E-state index in [1.165, 1.54) is 12.1 Å². The van der Waals surface area contributed by atoms with Gasteiger partial charge >= 0.3 is 6.61 Å². The number of aromatic amines is 1. The number of H-pyrrole nitrogens is 1. The second-order valence-corrected chi connectivity index (χ2v) is 5.85. The van der Waals surface area contributed by atoms with E-state index in [1.807, 2.05) is 24.7 Å². The van der Waals surface area contributed by atoms with Gasteiger partial charge in [-0.3, -0.25) is 14.6 Å². The highest BCUT2D eigenvalue weighted by atomic mass is 19.3. The maximum absolute atomic E-state index is 12.3. The highest BCUT2D eigenvalue weighted by molar-refractivity contribution is 5.93. The van der Waals surface area contributed by atoms with E-state index in [9.17, 15) is 13.6 Å². The fraction of sp³-hybridized carbons (Fsp3) is 0.278. The number of carbonyl (C=O) groups excluding carboxylic acids is 1. The number of alkyl halides is 2. The molecular formula is C18H19F2N5O2. The normalized spacial score (nSPS) is 11.0. The molecule has 1 aromatic carbocycles. The molecule has 2 heterocycles. The van der Waals surface area contributed by atoms with Crippen LogP contribution in [0.1, 0.15) is 28.7 Å². The Kier molecular flexibility index (Phi) is 5.49. The SMILES string of the molecule is CCn1cc(CNC(=O)c2cc(-c3ccc(OC(F)F)cc3)n[nH]2)c(C)n1. The molecule has 0 unspecified atom stereocenters. The van der Waals surface area contributed by atoms with Crippen molar-refractivity contribution in [2.24, 2.45) is 0 Å². The summed E-state index contributed by atoms with van der Waals surface area (Å²) in [5, 5.41) is 13.9. The number of hydrogen-bond donors (Lipinski definition) is 2. The number of amides is 1. The van der Waals surface area contributed by atoms with Gasteiger partial charge in [0.05, 0.1) is 11.4 Å². The van der Waals surface area contributed by atoms with E-state index in [0.717, 1.165) is 17.8 Å². The van der Waals surface area contributed by atoms with Crippen LogP contribution in [-0.2, 0) is 13.1 Å². The van der Waals surface area contributed by atoms with Crippen LogP contribution in [0.4, 0.5) is 8.78 Å². The third-order valence-corrected chi connectivity index (χ3v) is 4.01. The molecule has 0 saturated heterocycles. The van der Waals surface area contributed by atoms with E-state index in [0.29, 0.717) is 23.5 Å². The average molecular weight is 375 g/mol. The van der Waals surface area contributed by atoms with Crippen LogP contribution in [0.15, 0.2) is 36.5 Å². The number of nitrogens with zero attached hydrogens (tertiary/aromatic N) is 3. The summed E-state index contributed by atoms with van der Waals surface area (Å²) < 4.78 is 30.5. The smallest absolute Gasteiger partial charge is 0.387 e. The Morgan fingerprint density at radius 1 is 1.33 bits per heavy atom. The molecular weight excluding hydrogens is 356 g/mol.